The summed E-state index contributed by atoms with van der Waals surface area (Å²) in [5, 5.41) is 3.48. The van der Waals surface area contributed by atoms with E-state index in [0.717, 1.165) is 23.8 Å². The molecule has 0 saturated carbocycles. The van der Waals surface area contributed by atoms with Gasteiger partial charge in [0.05, 0.1) is 12.2 Å². The first-order chi connectivity index (χ1) is 14.5. The maximum atomic E-state index is 12.2. The molecule has 7 nitrogen and oxygen atoms in total. The SMILES string of the molecule is CCCCOC(=O)c1cccc(NC(=O)COc2ccc3c(C)cc(=O)oc3c2)c1. The Morgan fingerprint density at radius 1 is 1.10 bits per heavy atom. The van der Waals surface area contributed by atoms with Crippen LogP contribution in [0.5, 0.6) is 5.75 Å². The fourth-order valence-corrected chi connectivity index (χ4v) is 2.86. The molecule has 1 heterocycles. The van der Waals surface area contributed by atoms with Crippen LogP contribution in [0.15, 0.2) is 57.7 Å². The van der Waals surface area contributed by atoms with E-state index in [-0.39, 0.29) is 6.61 Å². The predicted molar refractivity (Wildman–Crippen MR) is 113 cm³/mol. The van der Waals surface area contributed by atoms with Gasteiger partial charge in [-0.1, -0.05) is 19.4 Å². The van der Waals surface area contributed by atoms with Gasteiger partial charge in [-0.15, -0.1) is 0 Å². The predicted octanol–water partition coefficient (Wildman–Crippen LogP) is 4.08. The Hall–Kier alpha value is -3.61. The number of hydrogen-bond acceptors (Lipinski definition) is 6. The van der Waals surface area contributed by atoms with Crippen molar-refractivity contribution in [2.45, 2.75) is 26.7 Å². The van der Waals surface area contributed by atoms with E-state index in [0.29, 0.717) is 29.2 Å². The molecule has 1 N–H and O–H groups in total. The van der Waals surface area contributed by atoms with E-state index in [1.807, 2.05) is 13.8 Å². The van der Waals surface area contributed by atoms with E-state index in [9.17, 15) is 14.4 Å². The molecule has 3 rings (SSSR count). The van der Waals surface area contributed by atoms with Crippen molar-refractivity contribution < 1.29 is 23.5 Å². The first kappa shape index (κ1) is 21.1. The minimum absolute atomic E-state index is 0.243. The zero-order valence-corrected chi connectivity index (χ0v) is 16.9. The second-order valence-electron chi connectivity index (χ2n) is 6.81. The third-order valence-corrected chi connectivity index (χ3v) is 4.41. The first-order valence-corrected chi connectivity index (χ1v) is 9.70. The highest BCUT2D eigenvalue weighted by atomic mass is 16.5. The smallest absolute Gasteiger partial charge is 0.338 e. The van der Waals surface area contributed by atoms with Crippen molar-refractivity contribution in [3.8, 4) is 5.75 Å². The van der Waals surface area contributed by atoms with Gasteiger partial charge in [0, 0.05) is 23.2 Å². The van der Waals surface area contributed by atoms with Crippen LogP contribution in [0.2, 0.25) is 0 Å². The van der Waals surface area contributed by atoms with Crippen LogP contribution in [-0.2, 0) is 9.53 Å². The second kappa shape index (κ2) is 9.73. The Labute approximate surface area is 173 Å². The molecular formula is C23H23NO6. The molecule has 0 bridgehead atoms. The summed E-state index contributed by atoms with van der Waals surface area (Å²) >= 11 is 0. The fraction of sp³-hybridized carbons (Fsp3) is 0.261. The number of ether oxygens (including phenoxy) is 2. The average Bonchev–Trinajstić information content (AvgIpc) is 2.72. The van der Waals surface area contributed by atoms with E-state index in [4.69, 9.17) is 13.9 Å². The Bertz CT molecular complexity index is 1120. The second-order valence-corrected chi connectivity index (χ2v) is 6.81. The molecule has 0 aliphatic heterocycles. The number of anilines is 1. The van der Waals surface area contributed by atoms with Crippen LogP contribution >= 0.6 is 0 Å². The topological polar surface area (TPSA) is 94.8 Å². The van der Waals surface area contributed by atoms with Crippen molar-refractivity contribution in [3.05, 3.63) is 70.1 Å². The molecule has 0 spiro atoms. The third kappa shape index (κ3) is 5.47. The molecule has 30 heavy (non-hydrogen) atoms. The minimum atomic E-state index is -0.442. The van der Waals surface area contributed by atoms with Crippen molar-refractivity contribution in [3.63, 3.8) is 0 Å². The lowest BCUT2D eigenvalue weighted by Crippen LogP contribution is -2.20. The normalized spacial score (nSPS) is 10.6. The summed E-state index contributed by atoms with van der Waals surface area (Å²) in [5.41, 5.74) is 1.59. The molecule has 1 aromatic heterocycles. The van der Waals surface area contributed by atoms with Crippen molar-refractivity contribution in [1.82, 2.24) is 0 Å². The molecule has 0 atom stereocenters. The molecule has 1 amide bonds. The Morgan fingerprint density at radius 3 is 2.73 bits per heavy atom. The van der Waals surface area contributed by atoms with Gasteiger partial charge in [0.1, 0.15) is 11.3 Å². The molecular weight excluding hydrogens is 386 g/mol. The van der Waals surface area contributed by atoms with Gasteiger partial charge in [0.15, 0.2) is 6.61 Å². The number of carbonyl (C=O) groups is 2. The number of nitrogens with one attached hydrogen (secondary N) is 1. The lowest BCUT2D eigenvalue weighted by atomic mass is 10.1. The maximum Gasteiger partial charge on any atom is 0.338 e. The Balaban J connectivity index is 1.59. The van der Waals surface area contributed by atoms with Gasteiger partial charge < -0.3 is 19.2 Å². The van der Waals surface area contributed by atoms with Crippen LogP contribution < -0.4 is 15.7 Å². The van der Waals surface area contributed by atoms with Crippen LogP contribution in [0, 0.1) is 6.92 Å². The number of rotatable bonds is 8. The molecule has 0 saturated heterocycles. The number of esters is 1. The summed E-state index contributed by atoms with van der Waals surface area (Å²) in [4.78, 5) is 35.8. The number of fused-ring (bicyclic) bond motifs is 1. The third-order valence-electron chi connectivity index (χ3n) is 4.41. The number of amides is 1. The van der Waals surface area contributed by atoms with Crippen LogP contribution in [0.4, 0.5) is 5.69 Å². The highest BCUT2D eigenvalue weighted by molar-refractivity contribution is 5.95. The lowest BCUT2D eigenvalue weighted by molar-refractivity contribution is -0.118. The van der Waals surface area contributed by atoms with Crippen LogP contribution in [0.25, 0.3) is 11.0 Å². The summed E-state index contributed by atoms with van der Waals surface area (Å²) in [6.07, 6.45) is 1.74. The van der Waals surface area contributed by atoms with E-state index in [1.54, 1.807) is 42.5 Å². The van der Waals surface area contributed by atoms with Gasteiger partial charge in [0.2, 0.25) is 0 Å². The molecule has 7 heteroatoms. The molecule has 0 radical (unpaired) electrons. The number of hydrogen-bond donors (Lipinski definition) is 1. The van der Waals surface area contributed by atoms with E-state index in [1.165, 1.54) is 6.07 Å². The summed E-state index contributed by atoms with van der Waals surface area (Å²) in [6.45, 7) is 3.96. The zero-order valence-electron chi connectivity index (χ0n) is 16.9. The zero-order chi connectivity index (χ0) is 21.5. The van der Waals surface area contributed by atoms with Crippen LogP contribution in [0.3, 0.4) is 0 Å². The van der Waals surface area contributed by atoms with Gasteiger partial charge in [0.25, 0.3) is 5.91 Å². The molecule has 0 fully saturated rings. The fourth-order valence-electron chi connectivity index (χ4n) is 2.86. The monoisotopic (exact) mass is 409 g/mol. The molecule has 156 valence electrons. The van der Waals surface area contributed by atoms with Crippen LogP contribution in [0.1, 0.15) is 35.7 Å². The Morgan fingerprint density at radius 2 is 1.93 bits per heavy atom. The highest BCUT2D eigenvalue weighted by Crippen LogP contribution is 2.22. The van der Waals surface area contributed by atoms with Crippen molar-refractivity contribution >= 4 is 28.5 Å². The maximum absolute atomic E-state index is 12.2. The summed E-state index contributed by atoms with van der Waals surface area (Å²) in [5.74, 6) is -0.416. The van der Waals surface area contributed by atoms with E-state index in [2.05, 4.69) is 5.32 Å². The summed E-state index contributed by atoms with van der Waals surface area (Å²) < 4.78 is 15.9. The lowest BCUT2D eigenvalue weighted by Gasteiger charge is -2.10. The van der Waals surface area contributed by atoms with Gasteiger partial charge in [-0.3, -0.25) is 4.79 Å². The van der Waals surface area contributed by atoms with Crippen molar-refractivity contribution in [2.75, 3.05) is 18.5 Å². The standard InChI is InChI=1S/C23H23NO6/c1-3-4-10-28-23(27)16-6-5-7-17(12-16)24-21(25)14-29-18-8-9-19-15(2)11-22(26)30-20(19)13-18/h5-9,11-13H,3-4,10,14H2,1-2H3,(H,24,25). The first-order valence-electron chi connectivity index (χ1n) is 9.70. The van der Waals surface area contributed by atoms with Gasteiger partial charge in [-0.2, -0.15) is 0 Å². The Kier molecular flexibility index (Phi) is 6.85. The molecule has 0 aliphatic rings. The molecule has 0 unspecified atom stereocenters. The quantitative estimate of drug-likeness (QED) is 0.342. The average molecular weight is 409 g/mol. The molecule has 0 aliphatic carbocycles. The highest BCUT2D eigenvalue weighted by Gasteiger charge is 2.10. The number of benzene rings is 2. The van der Waals surface area contributed by atoms with Crippen molar-refractivity contribution in [2.24, 2.45) is 0 Å². The molecule has 3 aromatic rings. The molecule has 2 aromatic carbocycles. The van der Waals surface area contributed by atoms with E-state index < -0.39 is 17.5 Å². The van der Waals surface area contributed by atoms with Crippen LogP contribution in [-0.4, -0.2) is 25.1 Å². The number of carbonyl (C=O) groups excluding carboxylic acids is 2. The van der Waals surface area contributed by atoms with Gasteiger partial charge >= 0.3 is 11.6 Å². The number of aryl methyl sites for hydroxylation is 1. The summed E-state index contributed by atoms with van der Waals surface area (Å²) in [6, 6.07) is 13.0. The summed E-state index contributed by atoms with van der Waals surface area (Å²) in [7, 11) is 0. The van der Waals surface area contributed by atoms with Gasteiger partial charge in [-0.25, -0.2) is 9.59 Å². The minimum Gasteiger partial charge on any atom is -0.484 e. The number of unbranched alkanes of at least 4 members (excludes halogenated alkanes) is 1. The van der Waals surface area contributed by atoms with E-state index >= 15 is 0 Å². The van der Waals surface area contributed by atoms with Crippen molar-refractivity contribution in [1.29, 1.82) is 0 Å². The van der Waals surface area contributed by atoms with Gasteiger partial charge in [-0.05, 0) is 49.2 Å². The largest absolute Gasteiger partial charge is 0.484 e.